The van der Waals surface area contributed by atoms with Crippen LogP contribution in [0, 0.1) is 0 Å². The summed E-state index contributed by atoms with van der Waals surface area (Å²) in [6, 6.07) is 0. The van der Waals surface area contributed by atoms with Gasteiger partial charge in [-0.25, -0.2) is 0 Å². The second-order valence-electron chi connectivity index (χ2n) is 2.44. The lowest BCUT2D eigenvalue weighted by Crippen LogP contribution is -2.34. The van der Waals surface area contributed by atoms with Gasteiger partial charge in [-0.2, -0.15) is 8.78 Å². The number of rotatable bonds is 1. The molecular weight excluding hydrogens is 266 g/mol. The zero-order valence-corrected chi connectivity index (χ0v) is 8.07. The molecule has 0 bridgehead atoms. The lowest BCUT2D eigenvalue weighted by atomic mass is 10.6. The smallest absolute Gasteiger partial charge is 0.263 e. The van der Waals surface area contributed by atoms with Crippen LogP contribution in [0.4, 0.5) is 35.1 Å². The van der Waals surface area contributed by atoms with E-state index in [9.17, 15) is 35.1 Å². The predicted molar refractivity (Wildman–Crippen MR) is 41.6 cm³/mol. The van der Waals surface area contributed by atoms with Crippen LogP contribution in [-0.4, -0.2) is 36.2 Å². The maximum Gasteiger partial charge on any atom is 0.506 e. The minimum Gasteiger partial charge on any atom is -0.263 e. The largest absolute Gasteiger partial charge is 0.506 e. The molecule has 0 heterocycles. The zero-order valence-electron chi connectivity index (χ0n) is 8.07. The fourth-order valence-corrected chi connectivity index (χ4v) is 0.667. The fraction of sp³-hybridized carbons (Fsp3) is 0.667. The third-order valence-corrected chi connectivity index (χ3v) is 1.20. The van der Waals surface area contributed by atoms with Crippen molar-refractivity contribution in [3.63, 3.8) is 0 Å². The van der Waals surface area contributed by atoms with Gasteiger partial charge in [0.25, 0.3) is 12.2 Å². The third kappa shape index (κ3) is 6.68. The summed E-state index contributed by atoms with van der Waals surface area (Å²) in [5.74, 6) is 0. The van der Waals surface area contributed by atoms with Crippen molar-refractivity contribution in [3.8, 4) is 0 Å². The van der Waals surface area contributed by atoms with Crippen molar-refractivity contribution in [2.75, 3.05) is 6.54 Å². The highest BCUT2D eigenvalue weighted by Gasteiger charge is 2.33. The van der Waals surface area contributed by atoms with E-state index in [1.807, 2.05) is 0 Å². The third-order valence-electron chi connectivity index (χ3n) is 1.20. The van der Waals surface area contributed by atoms with Crippen LogP contribution in [0.2, 0.25) is 0 Å². The number of amidine groups is 2. The molecule has 0 fully saturated rings. The van der Waals surface area contributed by atoms with Crippen molar-refractivity contribution < 1.29 is 35.1 Å². The quantitative estimate of drug-likeness (QED) is 0.312. The molecule has 11 heteroatoms. The van der Waals surface area contributed by atoms with E-state index in [1.165, 1.54) is 9.98 Å². The SMILES string of the molecule is CCN(C(F)=NC(F)(F)F)C(F)=NC(F)(F)F. The molecule has 100 valence electrons. The topological polar surface area (TPSA) is 28.0 Å². The molecule has 0 aromatic carbocycles. The molecule has 0 aliphatic heterocycles. The monoisotopic (exact) mass is 271 g/mol. The van der Waals surface area contributed by atoms with Crippen LogP contribution < -0.4 is 0 Å². The molecule has 0 spiro atoms. The minimum atomic E-state index is -5.37. The molecule has 0 N–H and O–H groups in total. The van der Waals surface area contributed by atoms with Gasteiger partial charge in [-0.1, -0.05) is 0 Å². The first-order chi connectivity index (χ1) is 7.46. The Labute approximate surface area is 89.4 Å². The first-order valence-electron chi connectivity index (χ1n) is 3.88. The van der Waals surface area contributed by atoms with Crippen molar-refractivity contribution in [1.29, 1.82) is 0 Å². The molecule has 0 amide bonds. The molecule has 0 aliphatic carbocycles. The Kier molecular flexibility index (Phi) is 4.83. The number of halogens is 8. The number of nitrogens with zero attached hydrogens (tertiary/aromatic N) is 3. The van der Waals surface area contributed by atoms with Crippen molar-refractivity contribution in [2.24, 2.45) is 9.98 Å². The Bertz CT molecular complexity index is 284. The van der Waals surface area contributed by atoms with Gasteiger partial charge in [0.2, 0.25) is 0 Å². The second-order valence-corrected chi connectivity index (χ2v) is 2.44. The minimum absolute atomic E-state index is 0.610. The Hall–Kier alpha value is -1.42. The lowest BCUT2D eigenvalue weighted by molar-refractivity contribution is -0.121. The molecule has 0 saturated heterocycles. The predicted octanol–water partition coefficient (Wildman–Crippen LogP) is 3.00. The summed E-state index contributed by atoms with van der Waals surface area (Å²) in [5.41, 5.74) is 0. The van der Waals surface area contributed by atoms with Crippen LogP contribution in [0.15, 0.2) is 9.98 Å². The average molecular weight is 271 g/mol. The number of alkyl halides is 6. The van der Waals surface area contributed by atoms with Gasteiger partial charge in [-0.15, -0.1) is 36.3 Å². The van der Waals surface area contributed by atoms with Crippen molar-refractivity contribution in [3.05, 3.63) is 0 Å². The summed E-state index contributed by atoms with van der Waals surface area (Å²) in [7, 11) is 0. The van der Waals surface area contributed by atoms with Gasteiger partial charge in [0.15, 0.2) is 0 Å². The maximum absolute atomic E-state index is 12.7. The highest BCUT2D eigenvalue weighted by atomic mass is 19.4. The molecular formula is C6H5F8N3. The molecule has 0 unspecified atom stereocenters. The van der Waals surface area contributed by atoms with Crippen molar-refractivity contribution in [1.82, 2.24) is 4.90 Å². The van der Waals surface area contributed by atoms with E-state index in [1.54, 1.807) is 0 Å². The van der Waals surface area contributed by atoms with Crippen LogP contribution >= 0.6 is 0 Å². The van der Waals surface area contributed by atoms with E-state index >= 15 is 0 Å². The Morgan fingerprint density at radius 1 is 0.882 bits per heavy atom. The van der Waals surface area contributed by atoms with Crippen LogP contribution in [0.25, 0.3) is 0 Å². The van der Waals surface area contributed by atoms with Crippen molar-refractivity contribution >= 4 is 12.2 Å². The highest BCUT2D eigenvalue weighted by Crippen LogP contribution is 2.20. The van der Waals surface area contributed by atoms with Gasteiger partial charge in [0.1, 0.15) is 0 Å². The second kappa shape index (κ2) is 5.27. The van der Waals surface area contributed by atoms with Gasteiger partial charge in [-0.05, 0) is 6.92 Å². The number of aliphatic imine (C=N–C) groups is 2. The van der Waals surface area contributed by atoms with Gasteiger partial charge >= 0.3 is 12.6 Å². The van der Waals surface area contributed by atoms with Gasteiger partial charge in [0.05, 0.1) is 0 Å². The highest BCUT2D eigenvalue weighted by molar-refractivity contribution is 5.92. The first kappa shape index (κ1) is 15.6. The maximum atomic E-state index is 12.7. The summed E-state index contributed by atoms with van der Waals surface area (Å²) in [6.45, 7) is 0.0633. The summed E-state index contributed by atoms with van der Waals surface area (Å²) in [5, 5.41) is 0. The molecule has 3 nitrogen and oxygen atoms in total. The van der Waals surface area contributed by atoms with Crippen LogP contribution in [0.3, 0.4) is 0 Å². The first-order valence-corrected chi connectivity index (χ1v) is 3.88. The molecule has 0 aliphatic rings. The molecule has 0 atom stereocenters. The Morgan fingerprint density at radius 2 is 1.18 bits per heavy atom. The number of hydrogen-bond donors (Lipinski definition) is 0. The fourth-order valence-electron chi connectivity index (χ4n) is 0.667. The van der Waals surface area contributed by atoms with Crippen LogP contribution in [0.1, 0.15) is 6.92 Å². The van der Waals surface area contributed by atoms with E-state index in [0.717, 1.165) is 6.92 Å². The molecule has 0 radical (unpaired) electrons. The van der Waals surface area contributed by atoms with E-state index in [0.29, 0.717) is 0 Å². The van der Waals surface area contributed by atoms with Gasteiger partial charge < -0.3 is 0 Å². The molecule has 0 aromatic rings. The van der Waals surface area contributed by atoms with E-state index < -0.39 is 36.2 Å². The number of hydrogen-bond acceptors (Lipinski definition) is 2. The van der Waals surface area contributed by atoms with Gasteiger partial charge in [0, 0.05) is 6.54 Å². The van der Waals surface area contributed by atoms with Crippen LogP contribution in [-0.2, 0) is 0 Å². The van der Waals surface area contributed by atoms with Crippen molar-refractivity contribution in [2.45, 2.75) is 19.5 Å². The molecule has 0 aromatic heterocycles. The van der Waals surface area contributed by atoms with Crippen LogP contribution in [0.5, 0.6) is 0 Å². The normalized spacial score (nSPS) is 15.1. The molecule has 0 rings (SSSR count). The van der Waals surface area contributed by atoms with E-state index in [-0.39, 0.29) is 0 Å². The molecule has 0 saturated carbocycles. The Morgan fingerprint density at radius 3 is 1.35 bits per heavy atom. The Balaban J connectivity index is 5.11. The summed E-state index contributed by atoms with van der Waals surface area (Å²) in [6.07, 6.45) is -15.7. The molecule has 17 heavy (non-hydrogen) atoms. The average Bonchev–Trinajstić information content (AvgIpc) is 1.96. The van der Waals surface area contributed by atoms with Gasteiger partial charge in [-0.3, -0.25) is 4.90 Å². The summed E-state index contributed by atoms with van der Waals surface area (Å²) in [4.78, 5) is 2.23. The summed E-state index contributed by atoms with van der Waals surface area (Å²) < 4.78 is 94.7. The standard InChI is InChI=1S/C6H5F8N3/c1-2-17(3(7)15-5(9,10)11)4(8)16-6(12,13)14/h2H2,1H3. The van der Waals surface area contributed by atoms with E-state index in [2.05, 4.69) is 0 Å². The van der Waals surface area contributed by atoms with E-state index in [4.69, 9.17) is 0 Å². The summed E-state index contributed by atoms with van der Waals surface area (Å²) >= 11 is 0. The zero-order chi connectivity index (χ0) is 13.9. The lowest BCUT2D eigenvalue weighted by Gasteiger charge is -2.16.